The van der Waals surface area contributed by atoms with Gasteiger partial charge in [0, 0.05) is 12.1 Å². The largest absolute Gasteiger partial charge is 0.389 e. The quantitative estimate of drug-likeness (QED) is 0.864. The van der Waals surface area contributed by atoms with E-state index in [2.05, 4.69) is 0 Å². The van der Waals surface area contributed by atoms with Crippen LogP contribution >= 0.6 is 12.2 Å². The van der Waals surface area contributed by atoms with Gasteiger partial charge >= 0.3 is 0 Å². The Balaban J connectivity index is 2.60. The number of nitrogens with zero attached hydrogens (tertiary/aromatic N) is 1. The van der Waals surface area contributed by atoms with E-state index in [4.69, 9.17) is 18.0 Å². The topological polar surface area (TPSA) is 29.3 Å². The molecule has 0 radical (unpaired) electrons. The second kappa shape index (κ2) is 6.01. The maximum absolute atomic E-state index is 14.0. The van der Waals surface area contributed by atoms with Gasteiger partial charge in [-0.3, -0.25) is 0 Å². The Hall–Kier alpha value is -1.94. The number of rotatable bonds is 4. The van der Waals surface area contributed by atoms with Crippen LogP contribution in [0, 0.1) is 12.7 Å². The van der Waals surface area contributed by atoms with Gasteiger partial charge in [-0.2, -0.15) is 0 Å². The molecule has 20 heavy (non-hydrogen) atoms. The fourth-order valence-electron chi connectivity index (χ4n) is 2.21. The van der Waals surface area contributed by atoms with E-state index in [9.17, 15) is 4.39 Å². The van der Waals surface area contributed by atoms with Crippen molar-refractivity contribution in [3.05, 3.63) is 59.4 Å². The number of halogens is 1. The Morgan fingerprint density at radius 3 is 2.50 bits per heavy atom. The highest BCUT2D eigenvalue weighted by atomic mass is 32.1. The zero-order valence-electron chi connectivity index (χ0n) is 11.6. The van der Waals surface area contributed by atoms with Crippen LogP contribution in [-0.2, 0) is 0 Å². The maximum atomic E-state index is 14.0. The second-order valence-electron chi connectivity index (χ2n) is 4.58. The van der Waals surface area contributed by atoms with Crippen molar-refractivity contribution in [3.8, 4) is 0 Å². The second-order valence-corrected chi connectivity index (χ2v) is 5.02. The third kappa shape index (κ3) is 2.80. The van der Waals surface area contributed by atoms with Gasteiger partial charge in [0.1, 0.15) is 10.8 Å². The molecule has 0 amide bonds. The summed E-state index contributed by atoms with van der Waals surface area (Å²) in [5, 5.41) is 0. The summed E-state index contributed by atoms with van der Waals surface area (Å²) in [6, 6.07) is 12.5. The molecule has 0 aromatic heterocycles. The average molecular weight is 288 g/mol. The predicted molar refractivity (Wildman–Crippen MR) is 86.1 cm³/mol. The van der Waals surface area contributed by atoms with Crippen LogP contribution in [0.3, 0.4) is 0 Å². The minimum atomic E-state index is -0.259. The highest BCUT2D eigenvalue weighted by Crippen LogP contribution is 2.31. The van der Waals surface area contributed by atoms with Crippen LogP contribution in [0.5, 0.6) is 0 Å². The van der Waals surface area contributed by atoms with Gasteiger partial charge in [0.05, 0.1) is 11.4 Å². The molecule has 104 valence electrons. The van der Waals surface area contributed by atoms with E-state index in [0.717, 1.165) is 16.8 Å². The molecule has 0 saturated heterocycles. The van der Waals surface area contributed by atoms with Crippen LogP contribution in [0.1, 0.15) is 18.1 Å². The number of benzene rings is 2. The van der Waals surface area contributed by atoms with E-state index in [-0.39, 0.29) is 5.82 Å². The Kier molecular flexibility index (Phi) is 4.35. The van der Waals surface area contributed by atoms with Crippen molar-refractivity contribution in [1.82, 2.24) is 0 Å². The molecular formula is C16H17FN2S. The van der Waals surface area contributed by atoms with Crippen LogP contribution in [0.15, 0.2) is 42.5 Å². The first-order valence-electron chi connectivity index (χ1n) is 6.47. The standard InChI is InChI=1S/C16H17FN2S/c1-3-19(14-7-5-4-6-13(14)17)15-10-11(2)8-9-12(15)16(18)20/h4-10H,3H2,1-2H3,(H2,18,20). The lowest BCUT2D eigenvalue weighted by molar-refractivity contribution is 0.625. The molecule has 0 atom stereocenters. The lowest BCUT2D eigenvalue weighted by Gasteiger charge is -2.26. The first-order valence-corrected chi connectivity index (χ1v) is 6.88. The molecular weight excluding hydrogens is 271 g/mol. The first kappa shape index (κ1) is 14.5. The Bertz CT molecular complexity index is 640. The van der Waals surface area contributed by atoms with Gasteiger partial charge in [-0.05, 0) is 43.7 Å². The molecule has 0 aliphatic rings. The van der Waals surface area contributed by atoms with Gasteiger partial charge in [0.2, 0.25) is 0 Å². The molecule has 0 unspecified atom stereocenters. The highest BCUT2D eigenvalue weighted by Gasteiger charge is 2.16. The summed E-state index contributed by atoms with van der Waals surface area (Å²) >= 11 is 5.10. The molecule has 2 N–H and O–H groups in total. The number of aryl methyl sites for hydroxylation is 1. The van der Waals surface area contributed by atoms with Crippen LogP contribution in [0.25, 0.3) is 0 Å². The number of nitrogens with two attached hydrogens (primary N) is 1. The summed E-state index contributed by atoms with van der Waals surface area (Å²) in [5.41, 5.74) is 8.99. The van der Waals surface area contributed by atoms with Gasteiger partial charge < -0.3 is 10.6 Å². The van der Waals surface area contributed by atoms with Crippen molar-refractivity contribution in [2.45, 2.75) is 13.8 Å². The number of hydrogen-bond acceptors (Lipinski definition) is 2. The van der Waals surface area contributed by atoms with E-state index in [1.165, 1.54) is 6.07 Å². The summed E-state index contributed by atoms with van der Waals surface area (Å²) in [5.74, 6) is -0.259. The lowest BCUT2D eigenvalue weighted by atomic mass is 10.1. The summed E-state index contributed by atoms with van der Waals surface area (Å²) in [6.45, 7) is 4.58. The third-order valence-electron chi connectivity index (χ3n) is 3.17. The van der Waals surface area contributed by atoms with Crippen molar-refractivity contribution < 1.29 is 4.39 Å². The van der Waals surface area contributed by atoms with Gasteiger partial charge in [-0.15, -0.1) is 0 Å². The van der Waals surface area contributed by atoms with Gasteiger partial charge in [-0.25, -0.2) is 4.39 Å². The zero-order valence-corrected chi connectivity index (χ0v) is 12.4. The Morgan fingerprint density at radius 2 is 1.90 bits per heavy atom. The molecule has 0 aliphatic heterocycles. The average Bonchev–Trinajstić information content (AvgIpc) is 2.41. The van der Waals surface area contributed by atoms with E-state index < -0.39 is 0 Å². The van der Waals surface area contributed by atoms with Crippen LogP contribution in [0.4, 0.5) is 15.8 Å². The fourth-order valence-corrected chi connectivity index (χ4v) is 2.39. The van der Waals surface area contributed by atoms with Gasteiger partial charge in [0.25, 0.3) is 0 Å². The van der Waals surface area contributed by atoms with Gasteiger partial charge in [0.15, 0.2) is 0 Å². The minimum Gasteiger partial charge on any atom is -0.389 e. The molecule has 0 saturated carbocycles. The number of para-hydroxylation sites is 1. The highest BCUT2D eigenvalue weighted by molar-refractivity contribution is 7.80. The predicted octanol–water partition coefficient (Wildman–Crippen LogP) is 3.93. The summed E-state index contributed by atoms with van der Waals surface area (Å²) < 4.78 is 14.0. The molecule has 2 aromatic rings. The molecule has 2 aromatic carbocycles. The third-order valence-corrected chi connectivity index (χ3v) is 3.39. The summed E-state index contributed by atoms with van der Waals surface area (Å²) in [7, 11) is 0. The van der Waals surface area contributed by atoms with E-state index in [0.29, 0.717) is 17.2 Å². The molecule has 0 aliphatic carbocycles. The number of thiocarbonyl (C=S) groups is 1. The zero-order chi connectivity index (χ0) is 14.7. The first-order chi connectivity index (χ1) is 9.54. The van der Waals surface area contributed by atoms with Crippen molar-refractivity contribution in [1.29, 1.82) is 0 Å². The molecule has 2 nitrogen and oxygen atoms in total. The van der Waals surface area contributed by atoms with Crippen molar-refractivity contribution in [2.75, 3.05) is 11.4 Å². The minimum absolute atomic E-state index is 0.259. The summed E-state index contributed by atoms with van der Waals surface area (Å²) in [6.07, 6.45) is 0. The number of hydrogen-bond donors (Lipinski definition) is 1. The molecule has 4 heteroatoms. The van der Waals surface area contributed by atoms with Crippen LogP contribution in [-0.4, -0.2) is 11.5 Å². The monoisotopic (exact) mass is 288 g/mol. The molecule has 0 fully saturated rings. The fraction of sp³-hybridized carbons (Fsp3) is 0.188. The molecule has 2 rings (SSSR count). The van der Waals surface area contributed by atoms with Crippen LogP contribution < -0.4 is 10.6 Å². The number of anilines is 2. The molecule has 0 spiro atoms. The van der Waals surface area contributed by atoms with Crippen LogP contribution in [0.2, 0.25) is 0 Å². The van der Waals surface area contributed by atoms with Crippen molar-refractivity contribution in [2.24, 2.45) is 5.73 Å². The van der Waals surface area contributed by atoms with Crippen molar-refractivity contribution in [3.63, 3.8) is 0 Å². The SMILES string of the molecule is CCN(c1ccccc1F)c1cc(C)ccc1C(N)=S. The smallest absolute Gasteiger partial charge is 0.146 e. The maximum Gasteiger partial charge on any atom is 0.146 e. The molecule has 0 heterocycles. The van der Waals surface area contributed by atoms with E-state index >= 15 is 0 Å². The Labute approximate surface area is 124 Å². The van der Waals surface area contributed by atoms with Gasteiger partial charge in [-0.1, -0.05) is 30.4 Å². The molecule has 0 bridgehead atoms. The lowest BCUT2D eigenvalue weighted by Crippen LogP contribution is -2.22. The Morgan fingerprint density at radius 1 is 1.20 bits per heavy atom. The van der Waals surface area contributed by atoms with E-state index in [1.807, 2.05) is 43.0 Å². The summed E-state index contributed by atoms with van der Waals surface area (Å²) in [4.78, 5) is 2.20. The normalized spacial score (nSPS) is 10.3. The van der Waals surface area contributed by atoms with Crippen molar-refractivity contribution >= 4 is 28.6 Å². The van der Waals surface area contributed by atoms with E-state index in [1.54, 1.807) is 12.1 Å².